The summed E-state index contributed by atoms with van der Waals surface area (Å²) in [5, 5.41) is 10.6. The van der Waals surface area contributed by atoms with Gasteiger partial charge < -0.3 is 33.8 Å². The zero-order valence-corrected chi connectivity index (χ0v) is 60.1. The second-order valence-electron chi connectivity index (χ2n) is 23.4. The molecular weight excluding hydrogens is 1230 g/mol. The highest BCUT2D eigenvalue weighted by Crippen LogP contribution is 2.45. The monoisotopic (exact) mass is 1360 g/mol. The lowest BCUT2D eigenvalue weighted by Gasteiger charge is -2.21. The average Bonchev–Trinajstić information content (AvgIpc) is 1.36. The van der Waals surface area contributed by atoms with Crippen LogP contribution in [0.2, 0.25) is 0 Å². The molecule has 94 heavy (non-hydrogen) atoms. The summed E-state index contributed by atoms with van der Waals surface area (Å²) in [5.41, 5.74) is 0. The number of esters is 4. The second kappa shape index (κ2) is 67.0. The molecule has 0 radical (unpaired) electrons. The minimum absolute atomic E-state index is 0.0633. The van der Waals surface area contributed by atoms with Crippen LogP contribution in [0, 0.1) is 0 Å². The average molecular weight is 1360 g/mol. The molecule has 0 spiro atoms. The van der Waals surface area contributed by atoms with Crippen molar-refractivity contribution >= 4 is 39.5 Å². The third-order valence-electron chi connectivity index (χ3n) is 14.4. The fourth-order valence-corrected chi connectivity index (χ4v) is 10.5. The van der Waals surface area contributed by atoms with Crippen molar-refractivity contribution in [3.8, 4) is 0 Å². The first-order valence-corrected chi connectivity index (χ1v) is 38.8. The number of allylic oxidation sites excluding steroid dienone is 20. The smallest absolute Gasteiger partial charge is 0.462 e. The largest absolute Gasteiger partial charge is 0.472 e. The Morgan fingerprint density at radius 1 is 0.309 bits per heavy atom. The number of rotatable bonds is 66. The number of hydrogen-bond acceptors (Lipinski definition) is 15. The van der Waals surface area contributed by atoms with E-state index in [0.717, 1.165) is 180 Å². The quantitative estimate of drug-likeness (QED) is 0.0169. The minimum Gasteiger partial charge on any atom is -0.462 e. The van der Waals surface area contributed by atoms with Crippen molar-refractivity contribution in [1.29, 1.82) is 0 Å². The highest BCUT2D eigenvalue weighted by Gasteiger charge is 2.30. The van der Waals surface area contributed by atoms with E-state index >= 15 is 0 Å². The molecule has 0 aliphatic rings. The molecule has 19 heteroatoms. The predicted octanol–water partition coefficient (Wildman–Crippen LogP) is 20.0. The van der Waals surface area contributed by atoms with Gasteiger partial charge in [-0.25, -0.2) is 9.13 Å². The molecule has 0 heterocycles. The summed E-state index contributed by atoms with van der Waals surface area (Å²) < 4.78 is 68.2. The molecule has 0 amide bonds. The molecule has 5 unspecified atom stereocenters. The van der Waals surface area contributed by atoms with Crippen LogP contribution in [0.15, 0.2) is 122 Å². The fraction of sp³-hybridized carbons (Fsp3) is 0.680. The number of carbonyl (C=O) groups excluding carboxylic acids is 4. The third kappa shape index (κ3) is 66.1. The summed E-state index contributed by atoms with van der Waals surface area (Å²) in [5.74, 6) is -2.27. The van der Waals surface area contributed by atoms with E-state index in [4.69, 9.17) is 37.0 Å². The van der Waals surface area contributed by atoms with Gasteiger partial charge in [0.15, 0.2) is 12.2 Å². The van der Waals surface area contributed by atoms with Crippen LogP contribution in [0.1, 0.15) is 272 Å². The molecule has 0 saturated carbocycles. The van der Waals surface area contributed by atoms with Crippen LogP contribution in [-0.4, -0.2) is 96.7 Å². The molecule has 0 aromatic heterocycles. The molecule has 0 aromatic carbocycles. The Bertz CT molecular complexity index is 2270. The van der Waals surface area contributed by atoms with Gasteiger partial charge in [0, 0.05) is 25.7 Å². The van der Waals surface area contributed by atoms with E-state index in [1.54, 1.807) is 0 Å². The Labute approximate surface area is 568 Å². The summed E-state index contributed by atoms with van der Waals surface area (Å²) >= 11 is 0. The van der Waals surface area contributed by atoms with Crippen LogP contribution in [0.25, 0.3) is 0 Å². The normalized spacial score (nSPS) is 14.8. The molecule has 5 atom stereocenters. The van der Waals surface area contributed by atoms with Gasteiger partial charge in [0.25, 0.3) is 0 Å². The van der Waals surface area contributed by atoms with Crippen LogP contribution in [0.3, 0.4) is 0 Å². The van der Waals surface area contributed by atoms with Crippen LogP contribution in [0.5, 0.6) is 0 Å². The van der Waals surface area contributed by atoms with Gasteiger partial charge in [-0.3, -0.25) is 37.3 Å². The Morgan fingerprint density at radius 2 is 0.574 bits per heavy atom. The number of hydrogen-bond donors (Lipinski definition) is 3. The van der Waals surface area contributed by atoms with Gasteiger partial charge >= 0.3 is 39.5 Å². The Morgan fingerprint density at radius 3 is 0.926 bits per heavy atom. The maximum absolute atomic E-state index is 13.0. The molecule has 0 aliphatic heterocycles. The highest BCUT2D eigenvalue weighted by molar-refractivity contribution is 7.47. The van der Waals surface area contributed by atoms with Crippen molar-refractivity contribution in [2.75, 3.05) is 39.6 Å². The number of ether oxygens (including phenoxy) is 4. The van der Waals surface area contributed by atoms with Crippen molar-refractivity contribution in [2.24, 2.45) is 0 Å². The highest BCUT2D eigenvalue weighted by atomic mass is 31.2. The first-order valence-electron chi connectivity index (χ1n) is 35.8. The molecule has 0 aliphatic carbocycles. The summed E-state index contributed by atoms with van der Waals surface area (Å²) in [6.45, 7) is 4.42. The van der Waals surface area contributed by atoms with Gasteiger partial charge in [-0.15, -0.1) is 0 Å². The lowest BCUT2D eigenvalue weighted by Crippen LogP contribution is -2.30. The maximum Gasteiger partial charge on any atom is 0.472 e. The Balaban J connectivity index is 5.40. The van der Waals surface area contributed by atoms with Crippen molar-refractivity contribution in [3.05, 3.63) is 122 Å². The SMILES string of the molecule is CC/C=C\C/C=C\C/C=C\C/C=C\CCCCC(=O)OCC(COP(=O)(O)OCC(O)COP(=O)(O)OCC(COC(=O)CCCCCCC/C=C\C/C=C\CCC)OC(=O)CCCCCCC/C=C\CCCC)OC(=O)CCCCCCC/C=C\C/C=C\C/C=C\CC. The topological polar surface area (TPSA) is 237 Å². The Kier molecular flexibility index (Phi) is 63.8. The molecule has 0 fully saturated rings. The molecule has 0 rings (SSSR count). The molecular formula is C75H126O17P2. The first kappa shape index (κ1) is 89.5. The maximum atomic E-state index is 13.0. The summed E-state index contributed by atoms with van der Waals surface area (Å²) in [6, 6.07) is 0. The van der Waals surface area contributed by atoms with Gasteiger partial charge in [-0.2, -0.15) is 0 Å². The van der Waals surface area contributed by atoms with Crippen LogP contribution >= 0.6 is 15.6 Å². The van der Waals surface area contributed by atoms with Crippen LogP contribution in [0.4, 0.5) is 0 Å². The van der Waals surface area contributed by atoms with Gasteiger partial charge in [0.05, 0.1) is 26.4 Å². The molecule has 0 saturated heterocycles. The van der Waals surface area contributed by atoms with Gasteiger partial charge in [0.1, 0.15) is 19.3 Å². The fourth-order valence-electron chi connectivity index (χ4n) is 8.95. The lowest BCUT2D eigenvalue weighted by atomic mass is 10.1. The van der Waals surface area contributed by atoms with Gasteiger partial charge in [0.2, 0.25) is 0 Å². The van der Waals surface area contributed by atoms with Crippen molar-refractivity contribution < 1.29 is 80.2 Å². The van der Waals surface area contributed by atoms with Crippen LogP contribution < -0.4 is 0 Å². The predicted molar refractivity (Wildman–Crippen MR) is 381 cm³/mol. The van der Waals surface area contributed by atoms with E-state index in [2.05, 4.69) is 149 Å². The van der Waals surface area contributed by atoms with E-state index in [9.17, 15) is 43.2 Å². The first-order chi connectivity index (χ1) is 45.7. The number of carbonyl (C=O) groups is 4. The van der Waals surface area contributed by atoms with Crippen molar-refractivity contribution in [3.63, 3.8) is 0 Å². The number of aliphatic hydroxyl groups excluding tert-OH is 1. The number of phosphoric ester groups is 2. The molecule has 538 valence electrons. The number of phosphoric acid groups is 2. The van der Waals surface area contributed by atoms with E-state index in [1.165, 1.54) is 12.8 Å². The third-order valence-corrected chi connectivity index (χ3v) is 16.3. The van der Waals surface area contributed by atoms with E-state index in [-0.39, 0.29) is 25.7 Å². The zero-order valence-electron chi connectivity index (χ0n) is 58.3. The number of unbranched alkanes of at least 4 members (excludes halogenated alkanes) is 20. The molecule has 17 nitrogen and oxygen atoms in total. The molecule has 0 bridgehead atoms. The standard InChI is InChI=1S/C75H126O17P2/c1-5-9-13-17-21-25-29-32-34-37-41-44-48-52-56-60-73(78)86-66-71(92-75(80)62-58-54-50-46-42-38-35-33-30-26-22-18-14-10-6-2)68-90-94(83,84)88-64-69(76)63-87-93(81,82)89-67-70(91-74(79)61-57-53-49-45-39-28-24-20-16-12-8-4)65-85-72(77)59-55-51-47-43-40-36-31-27-23-19-15-11-7-3/h9-10,13-15,19-22,24-27,31-35,41,44,69-71,76H,5-8,11-12,16-18,23,28-30,36-40,42-43,45-68H2,1-4H3,(H,81,82)(H,83,84)/b13-9-,14-10-,19-15-,24-20-,25-21-,26-22-,31-27-,34-32-,35-33-,44-41-. The van der Waals surface area contributed by atoms with Crippen molar-refractivity contribution in [2.45, 2.75) is 290 Å². The Hall–Kier alpha value is -4.54. The lowest BCUT2D eigenvalue weighted by molar-refractivity contribution is -0.161. The summed E-state index contributed by atoms with van der Waals surface area (Å²) in [7, 11) is -9.96. The summed E-state index contributed by atoms with van der Waals surface area (Å²) in [6.07, 6.45) is 70.7. The van der Waals surface area contributed by atoms with E-state index < -0.39 is 97.5 Å². The minimum atomic E-state index is -4.99. The molecule has 3 N–H and O–H groups in total. The van der Waals surface area contributed by atoms with E-state index in [1.807, 2.05) is 0 Å². The van der Waals surface area contributed by atoms with Gasteiger partial charge in [-0.05, 0) is 141 Å². The second-order valence-corrected chi connectivity index (χ2v) is 26.3. The zero-order chi connectivity index (χ0) is 69.0. The summed E-state index contributed by atoms with van der Waals surface area (Å²) in [4.78, 5) is 72.6. The molecule has 0 aromatic rings. The van der Waals surface area contributed by atoms with Gasteiger partial charge in [-0.1, -0.05) is 226 Å². The number of aliphatic hydroxyl groups is 1. The van der Waals surface area contributed by atoms with Crippen LogP contribution in [-0.2, 0) is 65.4 Å². The van der Waals surface area contributed by atoms with Crippen molar-refractivity contribution in [1.82, 2.24) is 0 Å². The van der Waals surface area contributed by atoms with E-state index in [0.29, 0.717) is 25.7 Å².